The summed E-state index contributed by atoms with van der Waals surface area (Å²) >= 11 is 0. The van der Waals surface area contributed by atoms with E-state index in [-0.39, 0.29) is 23.7 Å². The van der Waals surface area contributed by atoms with E-state index in [1.165, 1.54) is 0 Å². The predicted octanol–water partition coefficient (Wildman–Crippen LogP) is 0.496. The third-order valence-electron chi connectivity index (χ3n) is 2.75. The van der Waals surface area contributed by atoms with Crippen molar-refractivity contribution in [2.75, 3.05) is 19.6 Å². The van der Waals surface area contributed by atoms with Crippen LogP contribution in [0.4, 0.5) is 0 Å². The van der Waals surface area contributed by atoms with Crippen molar-refractivity contribution in [3.8, 4) is 0 Å². The van der Waals surface area contributed by atoms with E-state index >= 15 is 0 Å². The maximum atomic E-state index is 11.7. The molecule has 0 spiro atoms. The topological polar surface area (TPSA) is 84.2 Å². The average molecular weight is 257 g/mol. The van der Waals surface area contributed by atoms with Crippen LogP contribution in [0.1, 0.15) is 34.1 Å². The van der Waals surface area contributed by atoms with Gasteiger partial charge in [0, 0.05) is 26.1 Å². The van der Waals surface area contributed by atoms with Gasteiger partial charge in [-0.3, -0.25) is 9.59 Å². The van der Waals surface area contributed by atoms with Gasteiger partial charge in [0.05, 0.1) is 5.92 Å². The summed E-state index contributed by atoms with van der Waals surface area (Å²) in [6, 6.07) is 0. The highest BCUT2D eigenvalue weighted by Crippen LogP contribution is 2.08. The smallest absolute Gasteiger partial charge is 0.224 e. The van der Waals surface area contributed by atoms with Crippen molar-refractivity contribution in [2.45, 2.75) is 34.1 Å². The molecule has 0 aliphatic carbocycles. The molecule has 18 heavy (non-hydrogen) atoms. The molecule has 0 radical (unpaired) electrons. The summed E-state index contributed by atoms with van der Waals surface area (Å²) in [7, 11) is 0. The second kappa shape index (κ2) is 8.91. The largest absolute Gasteiger partial charge is 0.356 e. The molecule has 0 aromatic heterocycles. The highest BCUT2D eigenvalue weighted by molar-refractivity contribution is 5.80. The molecule has 0 saturated heterocycles. The van der Waals surface area contributed by atoms with Crippen LogP contribution in [-0.4, -0.2) is 31.4 Å². The van der Waals surface area contributed by atoms with E-state index in [4.69, 9.17) is 5.73 Å². The molecule has 0 aliphatic heterocycles. The molecule has 0 aromatic rings. The summed E-state index contributed by atoms with van der Waals surface area (Å²) in [4.78, 5) is 23.2. The van der Waals surface area contributed by atoms with Crippen LogP contribution in [0.3, 0.4) is 0 Å². The van der Waals surface area contributed by atoms with Gasteiger partial charge in [-0.25, -0.2) is 0 Å². The van der Waals surface area contributed by atoms with Crippen molar-refractivity contribution in [1.29, 1.82) is 0 Å². The Morgan fingerprint density at radius 2 is 1.72 bits per heavy atom. The number of carbonyl (C=O) groups excluding carboxylic acids is 2. The van der Waals surface area contributed by atoms with E-state index in [1.54, 1.807) is 0 Å². The molecule has 0 saturated carbocycles. The minimum absolute atomic E-state index is 0.0298. The van der Waals surface area contributed by atoms with Gasteiger partial charge in [0.2, 0.25) is 11.8 Å². The Kier molecular flexibility index (Phi) is 8.37. The number of nitrogens with one attached hydrogen (secondary N) is 2. The first-order valence-corrected chi connectivity index (χ1v) is 6.63. The minimum Gasteiger partial charge on any atom is -0.356 e. The number of nitrogens with two attached hydrogens (primary N) is 1. The SMILES string of the molecule is CC(C)CNC(=O)CCNC(=O)C(CN)C(C)C. The molecule has 0 fully saturated rings. The van der Waals surface area contributed by atoms with E-state index in [0.29, 0.717) is 32.0 Å². The summed E-state index contributed by atoms with van der Waals surface area (Å²) < 4.78 is 0. The molecule has 106 valence electrons. The van der Waals surface area contributed by atoms with Gasteiger partial charge in [-0.1, -0.05) is 27.7 Å². The molecule has 0 aromatic carbocycles. The Morgan fingerprint density at radius 1 is 1.11 bits per heavy atom. The van der Waals surface area contributed by atoms with Gasteiger partial charge in [-0.2, -0.15) is 0 Å². The van der Waals surface area contributed by atoms with Crippen LogP contribution >= 0.6 is 0 Å². The van der Waals surface area contributed by atoms with E-state index in [9.17, 15) is 9.59 Å². The van der Waals surface area contributed by atoms with Gasteiger partial charge in [0.15, 0.2) is 0 Å². The Bertz CT molecular complexity index is 265. The lowest BCUT2D eigenvalue weighted by Crippen LogP contribution is -2.39. The molecular weight excluding hydrogens is 230 g/mol. The van der Waals surface area contributed by atoms with E-state index in [1.807, 2.05) is 27.7 Å². The van der Waals surface area contributed by atoms with Crippen LogP contribution in [0.2, 0.25) is 0 Å². The highest BCUT2D eigenvalue weighted by atomic mass is 16.2. The van der Waals surface area contributed by atoms with E-state index in [2.05, 4.69) is 10.6 Å². The maximum Gasteiger partial charge on any atom is 0.224 e. The fourth-order valence-electron chi connectivity index (χ4n) is 1.52. The molecule has 1 unspecified atom stereocenters. The van der Waals surface area contributed by atoms with Crippen molar-refractivity contribution in [2.24, 2.45) is 23.5 Å². The van der Waals surface area contributed by atoms with Crippen LogP contribution in [0.5, 0.6) is 0 Å². The molecular formula is C13H27N3O2. The van der Waals surface area contributed by atoms with Crippen molar-refractivity contribution in [1.82, 2.24) is 10.6 Å². The number of amides is 2. The molecule has 1 atom stereocenters. The van der Waals surface area contributed by atoms with Gasteiger partial charge < -0.3 is 16.4 Å². The molecule has 4 N–H and O–H groups in total. The van der Waals surface area contributed by atoms with Gasteiger partial charge >= 0.3 is 0 Å². The predicted molar refractivity (Wildman–Crippen MR) is 72.9 cm³/mol. The summed E-state index contributed by atoms with van der Waals surface area (Å²) in [6.45, 7) is 9.38. The number of hydrogen-bond donors (Lipinski definition) is 3. The zero-order chi connectivity index (χ0) is 14.1. The molecule has 5 nitrogen and oxygen atoms in total. The second-order valence-electron chi connectivity index (χ2n) is 5.33. The fraction of sp³-hybridized carbons (Fsp3) is 0.846. The van der Waals surface area contributed by atoms with Gasteiger partial charge in [-0.15, -0.1) is 0 Å². The highest BCUT2D eigenvalue weighted by Gasteiger charge is 2.19. The number of hydrogen-bond acceptors (Lipinski definition) is 3. The minimum atomic E-state index is -0.177. The summed E-state index contributed by atoms with van der Waals surface area (Å²) in [6.07, 6.45) is 0.313. The number of carbonyl (C=O) groups is 2. The Balaban J connectivity index is 3.83. The molecule has 2 amide bonds. The lowest BCUT2D eigenvalue weighted by Gasteiger charge is -2.18. The first kappa shape index (κ1) is 16.9. The number of rotatable bonds is 8. The lowest BCUT2D eigenvalue weighted by atomic mass is 9.95. The zero-order valence-corrected chi connectivity index (χ0v) is 12.0. The molecule has 0 heterocycles. The van der Waals surface area contributed by atoms with Crippen molar-refractivity contribution < 1.29 is 9.59 Å². The monoisotopic (exact) mass is 257 g/mol. The van der Waals surface area contributed by atoms with E-state index in [0.717, 1.165) is 0 Å². The third-order valence-corrected chi connectivity index (χ3v) is 2.75. The molecule has 0 bridgehead atoms. The van der Waals surface area contributed by atoms with E-state index < -0.39 is 0 Å². The van der Waals surface area contributed by atoms with Crippen molar-refractivity contribution >= 4 is 11.8 Å². The molecule has 0 rings (SSSR count). The fourth-order valence-corrected chi connectivity index (χ4v) is 1.52. The van der Waals surface area contributed by atoms with Crippen LogP contribution in [0.15, 0.2) is 0 Å². The normalized spacial score (nSPS) is 12.6. The van der Waals surface area contributed by atoms with Crippen LogP contribution in [0.25, 0.3) is 0 Å². The van der Waals surface area contributed by atoms with Crippen LogP contribution in [-0.2, 0) is 9.59 Å². The first-order chi connectivity index (χ1) is 8.38. The third kappa shape index (κ3) is 7.27. The van der Waals surface area contributed by atoms with Crippen LogP contribution in [0, 0.1) is 17.8 Å². The van der Waals surface area contributed by atoms with Crippen LogP contribution < -0.4 is 16.4 Å². The Hall–Kier alpha value is -1.10. The second-order valence-corrected chi connectivity index (χ2v) is 5.33. The molecule has 0 aliphatic rings. The summed E-state index contributed by atoms with van der Waals surface area (Å²) in [5, 5.41) is 5.56. The van der Waals surface area contributed by atoms with Crippen molar-refractivity contribution in [3.63, 3.8) is 0 Å². The summed E-state index contributed by atoms with van der Waals surface area (Å²) in [5.74, 6) is 0.376. The average Bonchev–Trinajstić information content (AvgIpc) is 2.26. The van der Waals surface area contributed by atoms with Gasteiger partial charge in [-0.05, 0) is 11.8 Å². The van der Waals surface area contributed by atoms with Gasteiger partial charge in [0.1, 0.15) is 0 Å². The molecule has 5 heteroatoms. The zero-order valence-electron chi connectivity index (χ0n) is 12.0. The first-order valence-electron chi connectivity index (χ1n) is 6.63. The van der Waals surface area contributed by atoms with Gasteiger partial charge in [0.25, 0.3) is 0 Å². The summed E-state index contributed by atoms with van der Waals surface area (Å²) in [5.41, 5.74) is 5.55. The Labute approximate surface area is 110 Å². The maximum absolute atomic E-state index is 11.7. The standard InChI is InChI=1S/C13H27N3O2/c1-9(2)8-16-12(17)5-6-15-13(18)11(7-14)10(3)4/h9-11H,5-8,14H2,1-4H3,(H,15,18)(H,16,17). The van der Waals surface area contributed by atoms with Crippen molar-refractivity contribution in [3.05, 3.63) is 0 Å². The Morgan fingerprint density at radius 3 is 2.17 bits per heavy atom. The quantitative estimate of drug-likeness (QED) is 0.592. The lowest BCUT2D eigenvalue weighted by molar-refractivity contribution is -0.126.